The highest BCUT2D eigenvalue weighted by Crippen LogP contribution is 2.29. The lowest BCUT2D eigenvalue weighted by Crippen LogP contribution is -1.87. The Morgan fingerprint density at radius 1 is 1.17 bits per heavy atom. The molecule has 0 aliphatic carbocycles. The van der Waals surface area contributed by atoms with Gasteiger partial charge in [0.05, 0.1) is 5.02 Å². The summed E-state index contributed by atoms with van der Waals surface area (Å²) in [5.74, 6) is 0.886. The number of benzene rings is 1. The van der Waals surface area contributed by atoms with Crippen LogP contribution in [-0.2, 0) is 5.75 Å². The topological polar surface area (TPSA) is 12.9 Å². The van der Waals surface area contributed by atoms with Crippen molar-refractivity contribution in [3.63, 3.8) is 0 Å². The summed E-state index contributed by atoms with van der Waals surface area (Å²) in [5.41, 5.74) is 3.89. The lowest BCUT2D eigenvalue weighted by atomic mass is 10.1. The molecule has 0 unspecified atom stereocenters. The van der Waals surface area contributed by atoms with Crippen molar-refractivity contribution < 1.29 is 0 Å². The largest absolute Gasteiger partial charge is 0.247 e. The van der Waals surface area contributed by atoms with Gasteiger partial charge in [0.15, 0.2) is 0 Å². The molecule has 1 nitrogen and oxygen atoms in total. The molecular formula is C14H13BrClNS. The van der Waals surface area contributed by atoms with Gasteiger partial charge in [0.1, 0.15) is 5.03 Å². The molecule has 1 aromatic carbocycles. The molecule has 0 saturated carbocycles. The molecule has 0 N–H and O–H groups in total. The molecule has 0 fully saturated rings. The van der Waals surface area contributed by atoms with Crippen LogP contribution < -0.4 is 0 Å². The zero-order chi connectivity index (χ0) is 13.1. The Bertz CT molecular complexity index is 551. The van der Waals surface area contributed by atoms with Crippen molar-refractivity contribution in [2.24, 2.45) is 0 Å². The Labute approximate surface area is 125 Å². The summed E-state index contributed by atoms with van der Waals surface area (Å²) < 4.78 is 0.906. The highest BCUT2D eigenvalue weighted by atomic mass is 79.9. The summed E-state index contributed by atoms with van der Waals surface area (Å²) in [5, 5.41) is 1.57. The second kappa shape index (κ2) is 6.09. The minimum absolute atomic E-state index is 0.693. The molecule has 0 spiro atoms. The second-order valence-corrected chi connectivity index (χ2v) is 6.51. The van der Waals surface area contributed by atoms with E-state index in [2.05, 4.69) is 53.0 Å². The van der Waals surface area contributed by atoms with Crippen LogP contribution in [0.25, 0.3) is 0 Å². The van der Waals surface area contributed by atoms with E-state index in [0.717, 1.165) is 15.3 Å². The molecule has 4 heteroatoms. The van der Waals surface area contributed by atoms with E-state index >= 15 is 0 Å². The smallest absolute Gasteiger partial charge is 0.115 e. The zero-order valence-electron chi connectivity index (χ0n) is 10.2. The van der Waals surface area contributed by atoms with Gasteiger partial charge in [0.25, 0.3) is 0 Å². The maximum atomic E-state index is 6.14. The summed E-state index contributed by atoms with van der Waals surface area (Å²) in [6, 6.07) is 8.46. The fourth-order valence-electron chi connectivity index (χ4n) is 1.81. The van der Waals surface area contributed by atoms with Crippen molar-refractivity contribution in [3.8, 4) is 0 Å². The maximum Gasteiger partial charge on any atom is 0.115 e. The Balaban J connectivity index is 2.11. The number of rotatable bonds is 3. The van der Waals surface area contributed by atoms with E-state index < -0.39 is 0 Å². The van der Waals surface area contributed by atoms with Gasteiger partial charge in [-0.05, 0) is 41.4 Å². The maximum absolute atomic E-state index is 6.14. The Morgan fingerprint density at radius 2 is 1.83 bits per heavy atom. The van der Waals surface area contributed by atoms with E-state index in [9.17, 15) is 0 Å². The van der Waals surface area contributed by atoms with Gasteiger partial charge in [0.2, 0.25) is 0 Å². The number of aromatic nitrogens is 1. The van der Waals surface area contributed by atoms with E-state index in [-0.39, 0.29) is 0 Å². The molecule has 1 heterocycles. The minimum atomic E-state index is 0.693. The van der Waals surface area contributed by atoms with Crippen molar-refractivity contribution in [2.75, 3.05) is 0 Å². The zero-order valence-corrected chi connectivity index (χ0v) is 13.4. The minimum Gasteiger partial charge on any atom is -0.247 e. The van der Waals surface area contributed by atoms with Gasteiger partial charge in [-0.15, -0.1) is 11.8 Å². The van der Waals surface area contributed by atoms with E-state index in [1.807, 2.05) is 6.07 Å². The number of aryl methyl sites for hydroxylation is 2. The van der Waals surface area contributed by atoms with Crippen LogP contribution in [0.3, 0.4) is 0 Å². The van der Waals surface area contributed by atoms with Gasteiger partial charge in [-0.25, -0.2) is 4.98 Å². The first-order chi connectivity index (χ1) is 8.54. The lowest BCUT2D eigenvalue weighted by Gasteiger charge is -2.06. The summed E-state index contributed by atoms with van der Waals surface area (Å²) in [4.78, 5) is 4.32. The Hall–Kier alpha value is -0.510. The van der Waals surface area contributed by atoms with E-state index in [1.165, 1.54) is 16.7 Å². The molecular weight excluding hydrogens is 330 g/mol. The molecule has 0 aliphatic heterocycles. The third kappa shape index (κ3) is 3.74. The Morgan fingerprint density at radius 3 is 2.44 bits per heavy atom. The number of nitrogens with zero attached hydrogens (tertiary/aromatic N) is 1. The standard InChI is InChI=1S/C14H13BrClNS/c1-9-3-10(2)5-11(4-9)8-18-14-13(16)6-12(15)7-17-14/h3-7H,8H2,1-2H3. The van der Waals surface area contributed by atoms with Crippen molar-refractivity contribution in [1.82, 2.24) is 4.98 Å². The monoisotopic (exact) mass is 341 g/mol. The number of hydrogen-bond acceptors (Lipinski definition) is 2. The SMILES string of the molecule is Cc1cc(C)cc(CSc2ncc(Br)cc2Cl)c1. The van der Waals surface area contributed by atoms with Crippen LogP contribution in [0.4, 0.5) is 0 Å². The van der Waals surface area contributed by atoms with Gasteiger partial charge in [0, 0.05) is 16.4 Å². The van der Waals surface area contributed by atoms with Crippen LogP contribution in [-0.4, -0.2) is 4.98 Å². The first kappa shape index (κ1) is 13.9. The van der Waals surface area contributed by atoms with Crippen molar-refractivity contribution in [1.29, 1.82) is 0 Å². The summed E-state index contributed by atoms with van der Waals surface area (Å²) in [6.07, 6.45) is 1.77. The normalized spacial score (nSPS) is 10.7. The summed E-state index contributed by atoms with van der Waals surface area (Å²) >= 11 is 11.2. The summed E-state index contributed by atoms with van der Waals surface area (Å²) in [6.45, 7) is 4.23. The fourth-order valence-corrected chi connectivity index (χ4v) is 3.40. The predicted octanol–water partition coefficient (Wildman–Crippen LogP) is 5.41. The van der Waals surface area contributed by atoms with Gasteiger partial charge >= 0.3 is 0 Å². The second-order valence-electron chi connectivity index (χ2n) is 4.23. The van der Waals surface area contributed by atoms with Crippen LogP contribution in [0.2, 0.25) is 5.02 Å². The third-order valence-electron chi connectivity index (χ3n) is 2.43. The highest BCUT2D eigenvalue weighted by molar-refractivity contribution is 9.10. The average molecular weight is 343 g/mol. The number of halogens is 2. The van der Waals surface area contributed by atoms with Crippen LogP contribution in [0, 0.1) is 13.8 Å². The molecule has 1 aromatic heterocycles. The molecule has 94 valence electrons. The van der Waals surface area contributed by atoms with E-state index in [4.69, 9.17) is 11.6 Å². The van der Waals surface area contributed by atoms with Crippen molar-refractivity contribution in [3.05, 3.63) is 56.6 Å². The number of hydrogen-bond donors (Lipinski definition) is 0. The van der Waals surface area contributed by atoms with E-state index in [0.29, 0.717) is 5.02 Å². The molecule has 2 rings (SSSR count). The highest BCUT2D eigenvalue weighted by Gasteiger charge is 2.04. The molecule has 18 heavy (non-hydrogen) atoms. The molecule has 2 aromatic rings. The quantitative estimate of drug-likeness (QED) is 0.692. The predicted molar refractivity (Wildman–Crippen MR) is 82.4 cm³/mol. The molecule has 0 amide bonds. The van der Waals surface area contributed by atoms with Gasteiger partial charge in [-0.2, -0.15) is 0 Å². The van der Waals surface area contributed by atoms with Crippen molar-refractivity contribution >= 4 is 39.3 Å². The lowest BCUT2D eigenvalue weighted by molar-refractivity contribution is 1.12. The first-order valence-corrected chi connectivity index (χ1v) is 7.71. The molecule has 0 bridgehead atoms. The van der Waals surface area contributed by atoms with Crippen LogP contribution in [0.1, 0.15) is 16.7 Å². The molecule has 0 aliphatic rings. The molecule has 0 radical (unpaired) electrons. The van der Waals surface area contributed by atoms with Gasteiger partial charge in [-0.3, -0.25) is 0 Å². The Kier molecular flexibility index (Phi) is 4.71. The van der Waals surface area contributed by atoms with Gasteiger partial charge in [-0.1, -0.05) is 40.9 Å². The number of thioether (sulfide) groups is 1. The molecule has 0 saturated heterocycles. The number of pyridine rings is 1. The van der Waals surface area contributed by atoms with Crippen LogP contribution in [0.15, 0.2) is 40.0 Å². The molecule has 0 atom stereocenters. The first-order valence-electron chi connectivity index (χ1n) is 5.55. The van der Waals surface area contributed by atoms with Gasteiger partial charge < -0.3 is 0 Å². The van der Waals surface area contributed by atoms with Crippen LogP contribution >= 0.6 is 39.3 Å². The fraction of sp³-hybridized carbons (Fsp3) is 0.214. The van der Waals surface area contributed by atoms with Crippen molar-refractivity contribution in [2.45, 2.75) is 24.6 Å². The van der Waals surface area contributed by atoms with Crippen LogP contribution in [0.5, 0.6) is 0 Å². The summed E-state index contributed by atoms with van der Waals surface area (Å²) in [7, 11) is 0. The average Bonchev–Trinajstić information content (AvgIpc) is 2.26. The third-order valence-corrected chi connectivity index (χ3v) is 4.34. The van der Waals surface area contributed by atoms with E-state index in [1.54, 1.807) is 18.0 Å².